The molecule has 1 amide bonds. The first-order valence-electron chi connectivity index (χ1n) is 8.73. The van der Waals surface area contributed by atoms with Gasteiger partial charge in [-0.2, -0.15) is 13.1 Å². The average Bonchev–Trinajstić information content (AvgIpc) is 3.36. The lowest BCUT2D eigenvalue weighted by atomic mass is 10.2. The second-order valence-electron chi connectivity index (χ2n) is 6.47. The maximum Gasteiger partial charge on any atom is 0.246 e. The zero-order chi connectivity index (χ0) is 19.7. The summed E-state index contributed by atoms with van der Waals surface area (Å²) in [6.07, 6.45) is 1.09. The third-order valence-electron chi connectivity index (χ3n) is 4.75. The number of amides is 1. The number of halogens is 1. The predicted octanol–water partition coefficient (Wildman–Crippen LogP) is 2.81. The molecule has 0 radical (unpaired) electrons. The Bertz CT molecular complexity index is 1130. The summed E-state index contributed by atoms with van der Waals surface area (Å²) >= 11 is 7.09. The molecule has 3 aromatic rings. The quantitative estimate of drug-likeness (QED) is 0.663. The summed E-state index contributed by atoms with van der Waals surface area (Å²) in [4.78, 5) is 12.8. The molecule has 1 aliphatic rings. The van der Waals surface area contributed by atoms with E-state index in [0.29, 0.717) is 35.4 Å². The Morgan fingerprint density at radius 3 is 2.86 bits per heavy atom. The standard InChI is InChI=1S/C18H17ClN4O3S2/c19-13-6-2-1-5-12(13)11-20-18(24)15-8-4-10-23(15)28(25,26)16-9-3-7-14-17(16)22-27-21-14/h1-3,5-7,9,15H,4,8,10-11H2,(H,20,24)/t15-/m0/s1. The van der Waals surface area contributed by atoms with E-state index >= 15 is 0 Å². The van der Waals surface area contributed by atoms with Crippen molar-refractivity contribution in [1.82, 2.24) is 18.4 Å². The molecule has 1 aliphatic heterocycles. The number of nitrogens with one attached hydrogen (secondary N) is 1. The molecule has 1 atom stereocenters. The van der Waals surface area contributed by atoms with E-state index in [4.69, 9.17) is 11.6 Å². The molecule has 28 heavy (non-hydrogen) atoms. The molecule has 0 bridgehead atoms. The Hall–Kier alpha value is -2.07. The molecule has 0 saturated carbocycles. The highest BCUT2D eigenvalue weighted by Crippen LogP contribution is 2.30. The first-order valence-corrected chi connectivity index (χ1v) is 11.3. The van der Waals surface area contributed by atoms with Crippen LogP contribution in [-0.4, -0.2) is 40.0 Å². The van der Waals surface area contributed by atoms with Crippen molar-refractivity contribution in [3.05, 3.63) is 53.1 Å². The van der Waals surface area contributed by atoms with Gasteiger partial charge in [0.2, 0.25) is 15.9 Å². The van der Waals surface area contributed by atoms with E-state index in [2.05, 4.69) is 14.1 Å². The van der Waals surface area contributed by atoms with Crippen LogP contribution in [0.2, 0.25) is 5.02 Å². The van der Waals surface area contributed by atoms with E-state index in [0.717, 1.165) is 17.3 Å². The first-order chi connectivity index (χ1) is 13.5. The Labute approximate surface area is 171 Å². The Balaban J connectivity index is 1.56. The zero-order valence-electron chi connectivity index (χ0n) is 14.7. The number of hydrogen-bond acceptors (Lipinski definition) is 6. The van der Waals surface area contributed by atoms with Crippen LogP contribution in [0.1, 0.15) is 18.4 Å². The molecule has 10 heteroatoms. The molecule has 2 heterocycles. The molecule has 7 nitrogen and oxygen atoms in total. The smallest absolute Gasteiger partial charge is 0.246 e. The first kappa shape index (κ1) is 19.3. The van der Waals surface area contributed by atoms with Crippen LogP contribution in [0.25, 0.3) is 11.0 Å². The predicted molar refractivity (Wildman–Crippen MR) is 108 cm³/mol. The van der Waals surface area contributed by atoms with Crippen molar-refractivity contribution in [2.75, 3.05) is 6.54 Å². The van der Waals surface area contributed by atoms with Crippen LogP contribution in [0.4, 0.5) is 0 Å². The highest BCUT2D eigenvalue weighted by Gasteiger charge is 2.40. The highest BCUT2D eigenvalue weighted by molar-refractivity contribution is 7.89. The van der Waals surface area contributed by atoms with Crippen molar-refractivity contribution < 1.29 is 13.2 Å². The van der Waals surface area contributed by atoms with E-state index in [1.54, 1.807) is 18.2 Å². The summed E-state index contributed by atoms with van der Waals surface area (Å²) in [5.74, 6) is -0.329. The molecule has 0 unspecified atom stereocenters. The van der Waals surface area contributed by atoms with Gasteiger partial charge in [0.25, 0.3) is 0 Å². The van der Waals surface area contributed by atoms with Crippen LogP contribution < -0.4 is 5.32 Å². The number of carbonyl (C=O) groups excluding carboxylic acids is 1. The third-order valence-corrected chi connectivity index (χ3v) is 7.60. The maximum absolute atomic E-state index is 13.3. The minimum absolute atomic E-state index is 0.0875. The number of hydrogen-bond donors (Lipinski definition) is 1. The maximum atomic E-state index is 13.3. The minimum atomic E-state index is -3.87. The van der Waals surface area contributed by atoms with Crippen molar-refractivity contribution in [2.45, 2.75) is 30.3 Å². The fourth-order valence-electron chi connectivity index (χ4n) is 3.35. The van der Waals surface area contributed by atoms with Gasteiger partial charge >= 0.3 is 0 Å². The Kier molecular flexibility index (Phi) is 5.33. The summed E-state index contributed by atoms with van der Waals surface area (Å²) in [5, 5.41) is 3.37. The lowest BCUT2D eigenvalue weighted by Gasteiger charge is -2.23. The topological polar surface area (TPSA) is 92.3 Å². The van der Waals surface area contributed by atoms with Crippen molar-refractivity contribution >= 4 is 50.3 Å². The summed E-state index contributed by atoms with van der Waals surface area (Å²) in [7, 11) is -3.87. The van der Waals surface area contributed by atoms with Gasteiger partial charge in [-0.3, -0.25) is 4.79 Å². The number of fused-ring (bicyclic) bond motifs is 1. The normalized spacial score (nSPS) is 17.8. The third kappa shape index (κ3) is 3.50. The van der Waals surface area contributed by atoms with Crippen molar-refractivity contribution in [2.24, 2.45) is 0 Å². The monoisotopic (exact) mass is 436 g/mol. The van der Waals surface area contributed by atoms with E-state index in [9.17, 15) is 13.2 Å². The number of aromatic nitrogens is 2. The molecule has 1 saturated heterocycles. The van der Waals surface area contributed by atoms with Crippen molar-refractivity contribution in [1.29, 1.82) is 0 Å². The molecule has 2 aromatic carbocycles. The Morgan fingerprint density at radius 2 is 2.04 bits per heavy atom. The molecular weight excluding hydrogens is 420 g/mol. The van der Waals surface area contributed by atoms with Gasteiger partial charge in [-0.15, -0.1) is 0 Å². The van der Waals surface area contributed by atoms with Crippen LogP contribution in [-0.2, 0) is 21.4 Å². The van der Waals surface area contributed by atoms with Gasteiger partial charge in [0.15, 0.2) is 0 Å². The van der Waals surface area contributed by atoms with Crippen LogP contribution in [0.3, 0.4) is 0 Å². The van der Waals surface area contributed by atoms with Gasteiger partial charge in [-0.25, -0.2) is 8.42 Å². The molecule has 0 spiro atoms. The molecule has 1 fully saturated rings. The zero-order valence-corrected chi connectivity index (χ0v) is 17.1. The average molecular weight is 437 g/mol. The van der Waals surface area contributed by atoms with Gasteiger partial charge in [-0.05, 0) is 36.6 Å². The van der Waals surface area contributed by atoms with Gasteiger partial charge in [0.05, 0.1) is 11.7 Å². The molecule has 146 valence electrons. The molecular formula is C18H17ClN4O3S2. The second kappa shape index (κ2) is 7.75. The number of rotatable bonds is 5. The summed E-state index contributed by atoms with van der Waals surface area (Å²) in [6, 6.07) is 11.3. The van der Waals surface area contributed by atoms with Gasteiger partial charge < -0.3 is 5.32 Å². The lowest BCUT2D eigenvalue weighted by molar-refractivity contribution is -0.124. The summed E-state index contributed by atoms with van der Waals surface area (Å²) < 4.78 is 36.0. The fourth-order valence-corrected chi connectivity index (χ4v) is 5.96. The highest BCUT2D eigenvalue weighted by atomic mass is 35.5. The molecule has 1 N–H and O–H groups in total. The van der Waals surface area contributed by atoms with E-state index in [1.807, 2.05) is 18.2 Å². The van der Waals surface area contributed by atoms with Crippen LogP contribution in [0.5, 0.6) is 0 Å². The number of benzene rings is 2. The van der Waals surface area contributed by atoms with Crippen LogP contribution in [0, 0.1) is 0 Å². The van der Waals surface area contributed by atoms with Crippen molar-refractivity contribution in [3.8, 4) is 0 Å². The summed E-state index contributed by atoms with van der Waals surface area (Å²) in [6.45, 7) is 0.537. The van der Waals surface area contributed by atoms with Crippen LogP contribution in [0.15, 0.2) is 47.4 Å². The number of nitrogens with zero attached hydrogens (tertiary/aromatic N) is 3. The SMILES string of the molecule is O=C(NCc1ccccc1Cl)[C@@H]1CCCN1S(=O)(=O)c1cccc2nsnc12. The van der Waals surface area contributed by atoms with E-state index < -0.39 is 16.1 Å². The number of carbonyl (C=O) groups is 1. The molecule has 1 aromatic heterocycles. The van der Waals surface area contributed by atoms with Gasteiger partial charge in [0, 0.05) is 18.1 Å². The summed E-state index contributed by atoms with van der Waals surface area (Å²) in [5.41, 5.74) is 1.66. The second-order valence-corrected chi connectivity index (χ2v) is 9.27. The van der Waals surface area contributed by atoms with E-state index in [1.165, 1.54) is 10.4 Å². The molecule has 4 rings (SSSR count). The minimum Gasteiger partial charge on any atom is -0.351 e. The largest absolute Gasteiger partial charge is 0.351 e. The van der Waals surface area contributed by atoms with Crippen LogP contribution >= 0.6 is 23.3 Å². The fraction of sp³-hybridized carbons (Fsp3) is 0.278. The Morgan fingerprint density at radius 1 is 1.21 bits per heavy atom. The molecule has 0 aliphatic carbocycles. The van der Waals surface area contributed by atoms with Gasteiger partial charge in [-0.1, -0.05) is 35.9 Å². The number of sulfonamides is 1. The van der Waals surface area contributed by atoms with Crippen molar-refractivity contribution in [3.63, 3.8) is 0 Å². The van der Waals surface area contributed by atoms with Gasteiger partial charge in [0.1, 0.15) is 22.0 Å². The van der Waals surface area contributed by atoms with E-state index in [-0.39, 0.29) is 17.3 Å². The lowest BCUT2D eigenvalue weighted by Crippen LogP contribution is -2.45.